The molecule has 0 saturated heterocycles. The minimum absolute atomic E-state index is 0.263. The van der Waals surface area contributed by atoms with Gasteiger partial charge in [0.15, 0.2) is 5.82 Å². The van der Waals surface area contributed by atoms with Gasteiger partial charge in [-0.25, -0.2) is 4.98 Å². The minimum atomic E-state index is -0.975. The van der Waals surface area contributed by atoms with Crippen molar-refractivity contribution in [3.8, 4) is 11.5 Å². The lowest BCUT2D eigenvalue weighted by atomic mass is 10.2. The van der Waals surface area contributed by atoms with Crippen LogP contribution in [0.1, 0.15) is 0 Å². The van der Waals surface area contributed by atoms with E-state index in [9.17, 15) is 4.79 Å². The van der Waals surface area contributed by atoms with Crippen molar-refractivity contribution >= 4 is 65.5 Å². The zero-order valence-corrected chi connectivity index (χ0v) is 25.1. The Balaban J connectivity index is 1.98. The van der Waals surface area contributed by atoms with Gasteiger partial charge in [0.05, 0.1) is 31.3 Å². The molecule has 3 rings (SSSR count). The van der Waals surface area contributed by atoms with Gasteiger partial charge in [0.2, 0.25) is 11.9 Å². The number of hydrogen-bond donors (Lipinski definition) is 3. The molecule has 3 N–H and O–H groups in total. The lowest BCUT2D eigenvalue weighted by Gasteiger charge is -2.24. The molecular formula is C28H36ClN6O4P. The summed E-state index contributed by atoms with van der Waals surface area (Å²) in [5, 5.41) is 10.8. The van der Waals surface area contributed by atoms with Crippen LogP contribution in [0.3, 0.4) is 0 Å². The number of methoxy groups -OCH3 is 2. The van der Waals surface area contributed by atoms with Gasteiger partial charge in [0.25, 0.3) is 0 Å². The number of halogens is 1. The SMILES string of the molecule is C=CC(=O)Nc1cc(Nc2ncc(Cl)c(Nc3ccccc3[PH](=C)C)n2)c(OC)cc1O[C@@H](COC)CN(C)C. The third kappa shape index (κ3) is 8.47. The van der Waals surface area contributed by atoms with Crippen molar-refractivity contribution in [3.63, 3.8) is 0 Å². The number of nitrogens with zero attached hydrogens (tertiary/aromatic N) is 3. The molecular weight excluding hydrogens is 551 g/mol. The summed E-state index contributed by atoms with van der Waals surface area (Å²) in [4.78, 5) is 23.2. The van der Waals surface area contributed by atoms with Gasteiger partial charge in [0.1, 0.15) is 22.6 Å². The molecule has 3 aromatic rings. The zero-order chi connectivity index (χ0) is 29.2. The number of carbonyl (C=O) groups is 1. The number of ether oxygens (including phenoxy) is 3. The fraction of sp³-hybridized carbons (Fsp3) is 0.286. The molecule has 0 saturated carbocycles. The van der Waals surface area contributed by atoms with Crippen LogP contribution in [0.4, 0.5) is 28.8 Å². The molecule has 214 valence electrons. The van der Waals surface area contributed by atoms with E-state index >= 15 is 0 Å². The van der Waals surface area contributed by atoms with Crippen LogP contribution in [0.15, 0.2) is 55.3 Å². The molecule has 10 nitrogen and oxygen atoms in total. The monoisotopic (exact) mass is 586 g/mol. The highest BCUT2D eigenvalue weighted by Crippen LogP contribution is 2.38. The maximum absolute atomic E-state index is 12.3. The van der Waals surface area contributed by atoms with Crippen LogP contribution in [0, 0.1) is 0 Å². The normalized spacial score (nSPS) is 12.4. The Kier molecular flexibility index (Phi) is 11.4. The van der Waals surface area contributed by atoms with Gasteiger partial charge in [-0.3, -0.25) is 4.79 Å². The summed E-state index contributed by atoms with van der Waals surface area (Å²) in [5.74, 6) is 1.15. The molecule has 0 spiro atoms. The second-order valence-electron chi connectivity index (χ2n) is 9.17. The van der Waals surface area contributed by atoms with Crippen LogP contribution in [0.25, 0.3) is 0 Å². The number of likely N-dealkylation sites (N-methyl/N-ethyl adjacent to an activating group) is 1. The third-order valence-electron chi connectivity index (χ3n) is 5.59. The number of aromatic nitrogens is 2. The number of nitrogens with one attached hydrogen (secondary N) is 3. The smallest absolute Gasteiger partial charge is 0.247 e. The van der Waals surface area contributed by atoms with Crippen LogP contribution >= 0.6 is 19.1 Å². The minimum Gasteiger partial charge on any atom is -0.494 e. The quantitative estimate of drug-likeness (QED) is 0.184. The van der Waals surface area contributed by atoms with Gasteiger partial charge in [-0.05, 0) is 44.3 Å². The van der Waals surface area contributed by atoms with Gasteiger partial charge in [-0.2, -0.15) is 4.98 Å². The molecule has 2 aromatic carbocycles. The molecule has 0 fully saturated rings. The Labute approximate surface area is 241 Å². The summed E-state index contributed by atoms with van der Waals surface area (Å²) in [5.41, 5.74) is 1.79. The van der Waals surface area contributed by atoms with Crippen LogP contribution in [-0.4, -0.2) is 81.3 Å². The molecule has 1 aromatic heterocycles. The number of carbonyl (C=O) groups excluding carboxylic acids is 1. The number of anilines is 5. The first-order valence-electron chi connectivity index (χ1n) is 12.4. The molecule has 12 heteroatoms. The number of amides is 1. The van der Waals surface area contributed by atoms with E-state index in [4.69, 9.17) is 25.8 Å². The molecule has 40 heavy (non-hydrogen) atoms. The summed E-state index contributed by atoms with van der Waals surface area (Å²) in [6.45, 7) is 6.60. The highest BCUT2D eigenvalue weighted by molar-refractivity contribution is 7.63. The molecule has 0 bridgehead atoms. The van der Waals surface area contributed by atoms with Crippen molar-refractivity contribution in [2.75, 3.05) is 64.1 Å². The first kappa shape index (κ1) is 31.0. The number of hydrogen-bond acceptors (Lipinski definition) is 9. The predicted octanol–water partition coefficient (Wildman–Crippen LogP) is 4.61. The lowest BCUT2D eigenvalue weighted by Crippen LogP contribution is -2.34. The maximum atomic E-state index is 12.3. The summed E-state index contributed by atoms with van der Waals surface area (Å²) >= 11 is 6.43. The van der Waals surface area contributed by atoms with Gasteiger partial charge in [-0.15, -0.1) is 0 Å². The molecule has 2 atom stereocenters. The van der Waals surface area contributed by atoms with Crippen LogP contribution in [0.2, 0.25) is 5.02 Å². The average molecular weight is 587 g/mol. The summed E-state index contributed by atoms with van der Waals surface area (Å²) in [7, 11) is 6.05. The van der Waals surface area contributed by atoms with Crippen molar-refractivity contribution < 1.29 is 19.0 Å². The van der Waals surface area contributed by atoms with E-state index in [0.29, 0.717) is 46.9 Å². The highest BCUT2D eigenvalue weighted by Gasteiger charge is 2.19. The molecule has 1 amide bonds. The van der Waals surface area contributed by atoms with Crippen molar-refractivity contribution in [2.24, 2.45) is 0 Å². The highest BCUT2D eigenvalue weighted by atomic mass is 35.5. The van der Waals surface area contributed by atoms with E-state index < -0.39 is 13.5 Å². The van der Waals surface area contributed by atoms with Crippen LogP contribution in [-0.2, 0) is 9.53 Å². The zero-order valence-electron chi connectivity index (χ0n) is 23.4. The number of para-hydroxylation sites is 1. The third-order valence-corrected chi connectivity index (χ3v) is 7.22. The van der Waals surface area contributed by atoms with E-state index in [1.165, 1.54) is 19.4 Å². The second kappa shape index (κ2) is 14.7. The fourth-order valence-corrected chi connectivity index (χ4v) is 4.96. The first-order chi connectivity index (χ1) is 19.1. The Morgan fingerprint density at radius 3 is 2.55 bits per heavy atom. The lowest BCUT2D eigenvalue weighted by molar-refractivity contribution is -0.111. The Morgan fingerprint density at radius 1 is 1.15 bits per heavy atom. The van der Waals surface area contributed by atoms with E-state index in [-0.39, 0.29) is 12.1 Å². The molecule has 0 radical (unpaired) electrons. The van der Waals surface area contributed by atoms with E-state index in [1.54, 1.807) is 19.2 Å². The van der Waals surface area contributed by atoms with E-state index in [0.717, 1.165) is 11.0 Å². The topological polar surface area (TPSA) is 110 Å². The maximum Gasteiger partial charge on any atom is 0.247 e. The fourth-order valence-electron chi connectivity index (χ4n) is 3.83. The van der Waals surface area contributed by atoms with Crippen molar-refractivity contribution in [1.82, 2.24) is 14.9 Å². The van der Waals surface area contributed by atoms with Crippen molar-refractivity contribution in [2.45, 2.75) is 6.10 Å². The molecule has 1 heterocycles. The number of rotatable bonds is 14. The second-order valence-corrected chi connectivity index (χ2v) is 11.7. The van der Waals surface area contributed by atoms with E-state index in [1.807, 2.05) is 43.3 Å². The summed E-state index contributed by atoms with van der Waals surface area (Å²) < 4.78 is 17.2. The predicted molar refractivity (Wildman–Crippen MR) is 168 cm³/mol. The Hall–Kier alpha value is -3.56. The van der Waals surface area contributed by atoms with Crippen LogP contribution < -0.4 is 30.7 Å². The largest absolute Gasteiger partial charge is 0.494 e. The van der Waals surface area contributed by atoms with Crippen molar-refractivity contribution in [3.05, 3.63) is 60.3 Å². The molecule has 0 aliphatic carbocycles. The first-order valence-corrected chi connectivity index (χ1v) is 15.0. The molecule has 0 aliphatic heterocycles. The van der Waals surface area contributed by atoms with Gasteiger partial charge < -0.3 is 35.1 Å². The number of benzene rings is 2. The van der Waals surface area contributed by atoms with Gasteiger partial charge >= 0.3 is 0 Å². The average Bonchev–Trinajstić information content (AvgIpc) is 2.91. The van der Waals surface area contributed by atoms with Crippen LogP contribution in [0.5, 0.6) is 11.5 Å². The Morgan fingerprint density at radius 2 is 1.90 bits per heavy atom. The summed E-state index contributed by atoms with van der Waals surface area (Å²) in [6.07, 6.45) is 6.61. The van der Waals surface area contributed by atoms with Crippen molar-refractivity contribution in [1.29, 1.82) is 0 Å². The molecule has 0 aliphatic rings. The standard InChI is InChI=1S/C28H36ClN6O4P/c1-8-26(36)31-22-13-21(23(38-5)14-24(22)39-18(17-37-4)16-35(2)3)33-28-30-15-19(29)27(34-28)32-20-11-9-10-12-25(20)40(6)7/h8-15,18,40H,1,6,16-17H2,2-5,7H3,(H,31,36)(H2,30,32,33,34)/t18-/m1/s1. The summed E-state index contributed by atoms with van der Waals surface area (Å²) in [6, 6.07) is 11.3. The van der Waals surface area contributed by atoms with E-state index in [2.05, 4.69) is 45.5 Å². The van der Waals surface area contributed by atoms with Gasteiger partial charge in [-0.1, -0.05) is 50.2 Å². The van der Waals surface area contributed by atoms with Gasteiger partial charge in [0, 0.05) is 25.4 Å². The Bertz CT molecular complexity index is 1370. The molecule has 1 unspecified atom stereocenters.